The predicted octanol–water partition coefficient (Wildman–Crippen LogP) is 1.33. The van der Waals surface area contributed by atoms with Gasteiger partial charge in [-0.2, -0.15) is 0 Å². The Labute approximate surface area is 227 Å². The number of carbonyl (C=O) groups is 1. The van der Waals surface area contributed by atoms with Crippen molar-refractivity contribution in [3.63, 3.8) is 0 Å². The predicted molar refractivity (Wildman–Crippen MR) is 115 cm³/mol. The van der Waals surface area contributed by atoms with E-state index in [-0.39, 0.29) is 57.5 Å². The summed E-state index contributed by atoms with van der Waals surface area (Å²) in [6.07, 6.45) is -0.341. The Bertz CT molecular complexity index is 762. The van der Waals surface area contributed by atoms with Crippen LogP contribution in [0.2, 0.25) is 0 Å². The second-order valence-electron chi connectivity index (χ2n) is 8.40. The van der Waals surface area contributed by atoms with E-state index in [0.717, 1.165) is 11.1 Å². The summed E-state index contributed by atoms with van der Waals surface area (Å²) in [5.74, 6) is 0. The third-order valence-corrected chi connectivity index (χ3v) is 6.72. The quantitative estimate of drug-likeness (QED) is 0.421. The van der Waals surface area contributed by atoms with Gasteiger partial charge in [0.2, 0.25) is 0 Å². The van der Waals surface area contributed by atoms with Gasteiger partial charge in [-0.25, -0.2) is 4.79 Å². The Balaban J connectivity index is 0.00000420. The van der Waals surface area contributed by atoms with Gasteiger partial charge < -0.3 is 22.6 Å². The fourth-order valence-corrected chi connectivity index (χ4v) is 4.24. The summed E-state index contributed by atoms with van der Waals surface area (Å²) in [7, 11) is 0. The molecule has 1 aliphatic heterocycles. The molecule has 0 bridgehead atoms. The second kappa shape index (κ2) is 10.5. The molecule has 29 heavy (non-hydrogen) atoms. The van der Waals surface area contributed by atoms with E-state index in [2.05, 4.69) is 4.90 Å². The Morgan fingerprint density at radius 2 is 1.55 bits per heavy atom. The van der Waals surface area contributed by atoms with Crippen LogP contribution in [0.3, 0.4) is 0 Å². The van der Waals surface area contributed by atoms with E-state index in [9.17, 15) is 17.7 Å². The summed E-state index contributed by atoms with van der Waals surface area (Å²) in [5.41, 5.74) is 1.30. The molecule has 0 unspecified atom stereocenters. The summed E-state index contributed by atoms with van der Waals surface area (Å²) in [5, 5.41) is 0. The molecule has 158 valence electrons. The molecule has 1 heterocycles. The molecule has 0 aromatic heterocycles. The number of carbonyl (C=O) groups excluding carboxylic acids is 1. The monoisotopic (exact) mass is 550 g/mol. The van der Waals surface area contributed by atoms with Crippen molar-refractivity contribution in [2.24, 2.45) is 0 Å². The van der Waals surface area contributed by atoms with Crippen LogP contribution in [-0.4, -0.2) is 54.7 Å². The first-order valence-electron chi connectivity index (χ1n) is 9.40. The molecular formula is C19H28BF3IKN2O2. The Morgan fingerprint density at radius 3 is 2.00 bits per heavy atom. The molecule has 1 amide bonds. The van der Waals surface area contributed by atoms with Crippen LogP contribution in [-0.2, 0) is 11.3 Å². The molecule has 1 saturated heterocycles. The van der Waals surface area contributed by atoms with Crippen LogP contribution in [0, 0.1) is 24.3 Å². The maximum atomic E-state index is 13.6. The van der Waals surface area contributed by atoms with Crippen LogP contribution in [0.5, 0.6) is 0 Å². The van der Waals surface area contributed by atoms with Crippen molar-refractivity contribution >= 4 is 41.1 Å². The van der Waals surface area contributed by atoms with E-state index < -0.39 is 18.0 Å². The maximum absolute atomic E-state index is 13.6. The Morgan fingerprint density at radius 1 is 1.03 bits per heavy atom. The maximum Gasteiger partial charge on any atom is 1.00 e. The molecule has 0 spiro atoms. The molecule has 0 saturated carbocycles. The van der Waals surface area contributed by atoms with E-state index in [4.69, 9.17) is 4.74 Å². The average Bonchev–Trinajstić information content (AvgIpc) is 2.54. The zero-order chi connectivity index (χ0) is 21.4. The van der Waals surface area contributed by atoms with Crippen molar-refractivity contribution in [3.8, 4) is 0 Å². The van der Waals surface area contributed by atoms with Gasteiger partial charge in [-0.15, -0.1) is 5.46 Å². The van der Waals surface area contributed by atoms with Crippen molar-refractivity contribution in [1.82, 2.24) is 9.80 Å². The minimum Gasteiger partial charge on any atom is -0.445 e. The van der Waals surface area contributed by atoms with Crippen LogP contribution in [0.4, 0.5) is 17.7 Å². The van der Waals surface area contributed by atoms with Gasteiger partial charge in [0, 0.05) is 36.3 Å². The van der Waals surface area contributed by atoms with Gasteiger partial charge in [0.05, 0.1) is 0 Å². The van der Waals surface area contributed by atoms with Gasteiger partial charge >= 0.3 is 64.5 Å². The zero-order valence-corrected chi connectivity index (χ0v) is 23.6. The van der Waals surface area contributed by atoms with E-state index in [1.54, 1.807) is 18.7 Å². The number of amides is 1. The van der Waals surface area contributed by atoms with E-state index in [1.165, 1.54) is 0 Å². The molecule has 0 N–H and O–H groups in total. The van der Waals surface area contributed by atoms with Crippen LogP contribution >= 0.6 is 22.6 Å². The number of halogens is 4. The fraction of sp³-hybridized carbons (Fsp3) is 0.632. The fourth-order valence-electron chi connectivity index (χ4n) is 3.62. The van der Waals surface area contributed by atoms with Crippen LogP contribution in [0.1, 0.15) is 43.0 Å². The minimum atomic E-state index is -5.06. The van der Waals surface area contributed by atoms with E-state index in [0.29, 0.717) is 47.4 Å². The Kier molecular flexibility index (Phi) is 10.1. The third kappa shape index (κ3) is 7.08. The minimum absolute atomic E-state index is 0. The first kappa shape index (κ1) is 27.7. The number of ether oxygens (including phenoxy) is 1. The van der Waals surface area contributed by atoms with Crippen molar-refractivity contribution in [2.75, 3.05) is 26.2 Å². The smallest absolute Gasteiger partial charge is 0.445 e. The molecule has 1 aromatic carbocycles. The number of hydrogen-bond acceptors (Lipinski definition) is 3. The average molecular weight is 550 g/mol. The van der Waals surface area contributed by atoms with Crippen molar-refractivity contribution in [2.45, 2.75) is 53.7 Å². The van der Waals surface area contributed by atoms with Crippen molar-refractivity contribution in [3.05, 3.63) is 25.8 Å². The molecule has 0 radical (unpaired) electrons. The van der Waals surface area contributed by atoms with Gasteiger partial charge in [0.1, 0.15) is 5.60 Å². The van der Waals surface area contributed by atoms with E-state index >= 15 is 0 Å². The molecule has 1 fully saturated rings. The first-order chi connectivity index (χ1) is 12.7. The number of piperazine rings is 1. The third-order valence-electron chi connectivity index (χ3n) is 5.10. The molecule has 1 aromatic rings. The molecule has 0 atom stereocenters. The summed E-state index contributed by atoms with van der Waals surface area (Å²) in [6, 6.07) is 0. The largest absolute Gasteiger partial charge is 1.00 e. The number of hydrogen-bond donors (Lipinski definition) is 0. The van der Waals surface area contributed by atoms with Crippen molar-refractivity contribution in [1.29, 1.82) is 0 Å². The number of rotatable bonds is 3. The van der Waals surface area contributed by atoms with Gasteiger partial charge in [-0.05, 0) is 75.3 Å². The van der Waals surface area contributed by atoms with E-state index in [1.807, 2.05) is 50.3 Å². The SMILES string of the molecule is Cc1c(I)c(C)c([B-](F)(F)F)c(C)c1CN1CCN(C(=O)OC(C)(C)C)CC1.[K+]. The normalized spacial score (nSPS) is 15.9. The van der Waals surface area contributed by atoms with Crippen LogP contribution < -0.4 is 56.8 Å². The number of nitrogens with zero attached hydrogens (tertiary/aromatic N) is 2. The zero-order valence-electron chi connectivity index (χ0n) is 18.3. The molecule has 4 nitrogen and oxygen atoms in total. The standard InChI is InChI=1S/C19H28BF3IN2O2.K/c1-12-15(13(2)17(24)14(3)16(12)20(21,22)23)11-25-7-9-26(10-8-25)18(27)28-19(4,5)6;/h7-11H2,1-6H3;/q-1;+1. The Hall–Kier alpha value is 0.671. The molecule has 2 rings (SSSR count). The first-order valence-corrected chi connectivity index (χ1v) is 10.5. The molecule has 10 heteroatoms. The van der Waals surface area contributed by atoms with Gasteiger partial charge in [-0.1, -0.05) is 11.1 Å². The van der Waals surface area contributed by atoms with Crippen LogP contribution in [0.15, 0.2) is 0 Å². The van der Waals surface area contributed by atoms with Gasteiger partial charge in [0.15, 0.2) is 0 Å². The summed E-state index contributed by atoms with van der Waals surface area (Å²) in [4.78, 5) is 15.9. The van der Waals surface area contributed by atoms with Gasteiger partial charge in [-0.3, -0.25) is 4.90 Å². The van der Waals surface area contributed by atoms with Gasteiger partial charge in [0.25, 0.3) is 0 Å². The second-order valence-corrected chi connectivity index (χ2v) is 9.48. The molecule has 0 aliphatic carbocycles. The van der Waals surface area contributed by atoms with Crippen molar-refractivity contribution < 1.29 is 73.9 Å². The summed E-state index contributed by atoms with van der Waals surface area (Å²) in [6.45, 7) is 8.11. The topological polar surface area (TPSA) is 32.8 Å². The summed E-state index contributed by atoms with van der Waals surface area (Å²) < 4.78 is 47.0. The van der Waals surface area contributed by atoms with Crippen LogP contribution in [0.25, 0.3) is 0 Å². The molecular weight excluding hydrogens is 522 g/mol. The number of benzene rings is 1. The summed E-state index contributed by atoms with van der Waals surface area (Å²) >= 11 is 2.02. The molecule has 1 aliphatic rings.